The van der Waals surface area contributed by atoms with Crippen molar-refractivity contribution in [1.29, 1.82) is 0 Å². The van der Waals surface area contributed by atoms with E-state index in [1.807, 2.05) is 30.3 Å². The van der Waals surface area contributed by atoms with Crippen LogP contribution in [-0.4, -0.2) is 70.0 Å². The Labute approximate surface area is 167 Å². The molecule has 0 spiro atoms. The van der Waals surface area contributed by atoms with Gasteiger partial charge in [-0.25, -0.2) is 0 Å². The SMILES string of the molecule is COc1c(O)cc(C#Cc2ccccc2)cc1O[C@@H]1O[C@H](CO)[C@@H](O)[C@H](O)[C@H]1O. The Morgan fingerprint density at radius 3 is 2.31 bits per heavy atom. The lowest BCUT2D eigenvalue weighted by molar-refractivity contribution is -0.277. The molecule has 5 atom stereocenters. The molecule has 8 nitrogen and oxygen atoms in total. The molecule has 8 heteroatoms. The van der Waals surface area contributed by atoms with E-state index in [1.165, 1.54) is 19.2 Å². The third-order valence-corrected chi connectivity index (χ3v) is 4.46. The molecule has 0 unspecified atom stereocenters. The Morgan fingerprint density at radius 1 is 0.966 bits per heavy atom. The number of methoxy groups -OCH3 is 1. The number of aromatic hydroxyl groups is 1. The van der Waals surface area contributed by atoms with E-state index in [0.29, 0.717) is 5.56 Å². The molecule has 0 aromatic heterocycles. The van der Waals surface area contributed by atoms with Crippen LogP contribution in [0.4, 0.5) is 0 Å². The number of phenols is 1. The van der Waals surface area contributed by atoms with Crippen LogP contribution in [0.1, 0.15) is 11.1 Å². The zero-order valence-electron chi connectivity index (χ0n) is 15.6. The number of aliphatic hydroxyl groups excluding tert-OH is 4. The van der Waals surface area contributed by atoms with E-state index >= 15 is 0 Å². The van der Waals surface area contributed by atoms with Gasteiger partial charge >= 0.3 is 0 Å². The van der Waals surface area contributed by atoms with Crippen LogP contribution < -0.4 is 9.47 Å². The van der Waals surface area contributed by atoms with E-state index in [1.54, 1.807) is 0 Å². The van der Waals surface area contributed by atoms with Gasteiger partial charge in [0, 0.05) is 17.2 Å². The molecule has 2 aromatic rings. The van der Waals surface area contributed by atoms with Crippen molar-refractivity contribution < 1.29 is 39.7 Å². The number of hydrogen-bond acceptors (Lipinski definition) is 8. The highest BCUT2D eigenvalue weighted by atomic mass is 16.7. The molecule has 5 N–H and O–H groups in total. The van der Waals surface area contributed by atoms with Crippen molar-refractivity contribution in [2.24, 2.45) is 0 Å². The zero-order valence-corrected chi connectivity index (χ0v) is 15.6. The van der Waals surface area contributed by atoms with Crippen LogP contribution in [0, 0.1) is 11.8 Å². The van der Waals surface area contributed by atoms with E-state index in [-0.39, 0.29) is 17.2 Å². The Morgan fingerprint density at radius 2 is 1.66 bits per heavy atom. The van der Waals surface area contributed by atoms with Gasteiger partial charge < -0.3 is 39.7 Å². The molecule has 1 aliphatic rings. The zero-order chi connectivity index (χ0) is 21.0. The summed E-state index contributed by atoms with van der Waals surface area (Å²) in [5.74, 6) is 5.59. The molecule has 1 fully saturated rings. The average molecular weight is 402 g/mol. The largest absolute Gasteiger partial charge is 0.504 e. The van der Waals surface area contributed by atoms with Crippen molar-refractivity contribution in [2.75, 3.05) is 13.7 Å². The highest BCUT2D eigenvalue weighted by molar-refractivity contribution is 5.57. The van der Waals surface area contributed by atoms with E-state index < -0.39 is 37.3 Å². The summed E-state index contributed by atoms with van der Waals surface area (Å²) >= 11 is 0. The maximum atomic E-state index is 10.3. The molecule has 0 bridgehead atoms. The second-order valence-electron chi connectivity index (χ2n) is 6.46. The summed E-state index contributed by atoms with van der Waals surface area (Å²) < 4.78 is 16.1. The summed E-state index contributed by atoms with van der Waals surface area (Å²) in [7, 11) is 1.32. The third kappa shape index (κ3) is 4.62. The number of rotatable bonds is 4. The Kier molecular flexibility index (Phi) is 6.59. The lowest BCUT2D eigenvalue weighted by Crippen LogP contribution is -2.60. The lowest BCUT2D eigenvalue weighted by Gasteiger charge is -2.39. The van der Waals surface area contributed by atoms with Crippen molar-refractivity contribution in [3.05, 3.63) is 53.6 Å². The van der Waals surface area contributed by atoms with Crippen LogP contribution in [0.2, 0.25) is 0 Å². The average Bonchev–Trinajstić information content (AvgIpc) is 2.73. The predicted octanol–water partition coefficient (Wildman–Crippen LogP) is -0.0207. The Bertz CT molecular complexity index is 887. The fraction of sp³-hybridized carbons (Fsp3) is 0.333. The number of aliphatic hydroxyl groups is 4. The molecular weight excluding hydrogens is 380 g/mol. The second-order valence-corrected chi connectivity index (χ2v) is 6.46. The van der Waals surface area contributed by atoms with Crippen LogP contribution >= 0.6 is 0 Å². The standard InChI is InChI=1S/C21H22O8/c1-27-20-14(23)9-13(8-7-12-5-3-2-4-6-12)10-15(20)28-21-19(26)18(25)17(24)16(11-22)29-21/h2-6,9-10,16-19,21-26H,11H2,1H3/t16-,17-,18+,19-,21-/m1/s1. The van der Waals surface area contributed by atoms with Gasteiger partial charge in [-0.3, -0.25) is 0 Å². The third-order valence-electron chi connectivity index (χ3n) is 4.46. The summed E-state index contributed by atoms with van der Waals surface area (Å²) in [6.45, 7) is -0.588. The van der Waals surface area contributed by atoms with E-state index in [2.05, 4.69) is 11.8 Å². The number of ether oxygens (including phenoxy) is 3. The van der Waals surface area contributed by atoms with Crippen molar-refractivity contribution in [1.82, 2.24) is 0 Å². The van der Waals surface area contributed by atoms with Gasteiger partial charge in [0.1, 0.15) is 24.4 Å². The van der Waals surface area contributed by atoms with Crippen molar-refractivity contribution in [3.8, 4) is 29.1 Å². The van der Waals surface area contributed by atoms with Crippen LogP contribution in [0.15, 0.2) is 42.5 Å². The smallest absolute Gasteiger partial charge is 0.229 e. The summed E-state index contributed by atoms with van der Waals surface area (Å²) in [5, 5.41) is 49.5. The molecule has 0 aliphatic carbocycles. The van der Waals surface area contributed by atoms with Gasteiger partial charge in [-0.1, -0.05) is 30.0 Å². The number of hydrogen-bond donors (Lipinski definition) is 5. The molecule has 1 heterocycles. The molecular formula is C21H22O8. The molecule has 29 heavy (non-hydrogen) atoms. The highest BCUT2D eigenvalue weighted by Gasteiger charge is 2.45. The van der Waals surface area contributed by atoms with E-state index in [0.717, 1.165) is 5.56 Å². The van der Waals surface area contributed by atoms with E-state index in [9.17, 15) is 25.5 Å². The van der Waals surface area contributed by atoms with Crippen LogP contribution in [0.25, 0.3) is 0 Å². The molecule has 3 rings (SSSR count). The molecule has 0 radical (unpaired) electrons. The molecule has 0 amide bonds. The summed E-state index contributed by atoms with van der Waals surface area (Å²) in [5.41, 5.74) is 1.19. The van der Waals surface area contributed by atoms with Gasteiger partial charge in [-0.2, -0.15) is 0 Å². The van der Waals surface area contributed by atoms with Gasteiger partial charge in [0.15, 0.2) is 11.5 Å². The Hall–Kier alpha value is -2.80. The fourth-order valence-corrected chi connectivity index (χ4v) is 2.91. The Balaban J connectivity index is 1.90. The van der Waals surface area contributed by atoms with Gasteiger partial charge in [0.2, 0.25) is 12.0 Å². The lowest BCUT2D eigenvalue weighted by atomic mass is 9.99. The quantitative estimate of drug-likeness (QED) is 0.452. The maximum absolute atomic E-state index is 10.3. The molecule has 0 saturated carbocycles. The summed E-state index contributed by atoms with van der Waals surface area (Å²) in [4.78, 5) is 0. The first-order valence-corrected chi connectivity index (χ1v) is 8.90. The van der Waals surface area contributed by atoms with Crippen molar-refractivity contribution in [2.45, 2.75) is 30.7 Å². The monoisotopic (exact) mass is 402 g/mol. The van der Waals surface area contributed by atoms with Gasteiger partial charge in [0.05, 0.1) is 13.7 Å². The first-order valence-electron chi connectivity index (χ1n) is 8.90. The normalized spacial score (nSPS) is 26.3. The molecule has 1 saturated heterocycles. The first-order chi connectivity index (χ1) is 13.9. The minimum atomic E-state index is -1.60. The highest BCUT2D eigenvalue weighted by Crippen LogP contribution is 2.39. The molecule has 1 aliphatic heterocycles. The van der Waals surface area contributed by atoms with Gasteiger partial charge in [-0.15, -0.1) is 0 Å². The topological polar surface area (TPSA) is 129 Å². The second kappa shape index (κ2) is 9.13. The van der Waals surface area contributed by atoms with Crippen molar-refractivity contribution >= 4 is 0 Å². The van der Waals surface area contributed by atoms with Crippen LogP contribution in [0.3, 0.4) is 0 Å². The van der Waals surface area contributed by atoms with Gasteiger partial charge in [-0.05, 0) is 18.2 Å². The number of benzene rings is 2. The predicted molar refractivity (Wildman–Crippen MR) is 101 cm³/mol. The summed E-state index contributed by atoms with van der Waals surface area (Å²) in [6, 6.07) is 12.1. The van der Waals surface area contributed by atoms with Gasteiger partial charge in [0.25, 0.3) is 0 Å². The van der Waals surface area contributed by atoms with Crippen LogP contribution in [-0.2, 0) is 4.74 Å². The molecule has 2 aromatic carbocycles. The minimum Gasteiger partial charge on any atom is -0.504 e. The van der Waals surface area contributed by atoms with Crippen LogP contribution in [0.5, 0.6) is 17.2 Å². The minimum absolute atomic E-state index is 0.00851. The maximum Gasteiger partial charge on any atom is 0.229 e. The fourth-order valence-electron chi connectivity index (χ4n) is 2.91. The molecule has 154 valence electrons. The number of phenolic OH excluding ortho intramolecular Hbond substituents is 1. The van der Waals surface area contributed by atoms with Crippen molar-refractivity contribution in [3.63, 3.8) is 0 Å². The summed E-state index contributed by atoms with van der Waals surface area (Å²) in [6.07, 6.45) is -7.24. The first kappa shape index (κ1) is 20.9. The van der Waals surface area contributed by atoms with E-state index in [4.69, 9.17) is 14.2 Å².